The summed E-state index contributed by atoms with van der Waals surface area (Å²) in [6.45, 7) is 0.408. The fourth-order valence-electron chi connectivity index (χ4n) is 1.70. The first-order valence-corrected chi connectivity index (χ1v) is 7.22. The van der Waals surface area contributed by atoms with Gasteiger partial charge in [-0.2, -0.15) is 0 Å². The number of rotatable bonds is 7. The highest BCUT2D eigenvalue weighted by Gasteiger charge is 2.07. The van der Waals surface area contributed by atoms with Crippen molar-refractivity contribution in [2.45, 2.75) is 12.8 Å². The smallest absolute Gasteiger partial charge is 0.303 e. The highest BCUT2D eigenvalue weighted by atomic mass is 79.9. The van der Waals surface area contributed by atoms with Gasteiger partial charge in [0.1, 0.15) is 5.75 Å². The van der Waals surface area contributed by atoms with E-state index in [1.54, 1.807) is 20.2 Å². The maximum absolute atomic E-state index is 11.9. The summed E-state index contributed by atoms with van der Waals surface area (Å²) in [5, 5.41) is 8.56. The number of aliphatic carboxylic acids is 1. The van der Waals surface area contributed by atoms with E-state index in [1.807, 2.05) is 18.2 Å². The first-order valence-electron chi connectivity index (χ1n) is 6.42. The number of carbonyl (C=O) groups excluding carboxylic acids is 1. The van der Waals surface area contributed by atoms with E-state index in [0.717, 1.165) is 10.0 Å². The molecule has 0 bridgehead atoms. The second-order valence-corrected chi connectivity index (χ2v) is 5.39. The molecule has 21 heavy (non-hydrogen) atoms. The Kier molecular flexibility index (Phi) is 6.94. The molecule has 5 nitrogen and oxygen atoms in total. The number of methoxy groups -OCH3 is 1. The lowest BCUT2D eigenvalue weighted by molar-refractivity contribution is -0.137. The summed E-state index contributed by atoms with van der Waals surface area (Å²) >= 11 is 3.37. The van der Waals surface area contributed by atoms with Gasteiger partial charge in [-0.1, -0.05) is 15.9 Å². The molecule has 0 unspecified atom stereocenters. The molecule has 0 radical (unpaired) electrons. The van der Waals surface area contributed by atoms with Crippen molar-refractivity contribution in [2.24, 2.45) is 0 Å². The fraction of sp³-hybridized carbons (Fsp3) is 0.333. The van der Waals surface area contributed by atoms with Gasteiger partial charge >= 0.3 is 5.97 Å². The largest absolute Gasteiger partial charge is 0.496 e. The Morgan fingerprint density at radius 2 is 2.14 bits per heavy atom. The summed E-state index contributed by atoms with van der Waals surface area (Å²) in [4.78, 5) is 23.8. The number of carboxylic acids is 1. The lowest BCUT2D eigenvalue weighted by Gasteiger charge is -2.14. The number of halogens is 1. The molecule has 0 aliphatic rings. The van der Waals surface area contributed by atoms with Gasteiger partial charge in [0.05, 0.1) is 7.11 Å². The number of carboxylic acid groups (broad SMARTS) is 1. The Hall–Kier alpha value is -1.82. The molecule has 114 valence electrons. The molecule has 0 atom stereocenters. The lowest BCUT2D eigenvalue weighted by atomic mass is 10.2. The molecule has 6 heteroatoms. The van der Waals surface area contributed by atoms with Gasteiger partial charge < -0.3 is 14.7 Å². The van der Waals surface area contributed by atoms with E-state index >= 15 is 0 Å². The maximum atomic E-state index is 11.9. The second-order valence-electron chi connectivity index (χ2n) is 4.48. The summed E-state index contributed by atoms with van der Waals surface area (Å²) in [6.07, 6.45) is 3.62. The van der Waals surface area contributed by atoms with Gasteiger partial charge in [-0.25, -0.2) is 0 Å². The second kappa shape index (κ2) is 8.46. The average molecular weight is 356 g/mol. The van der Waals surface area contributed by atoms with Gasteiger partial charge in [0.15, 0.2) is 0 Å². The van der Waals surface area contributed by atoms with Gasteiger partial charge in [-0.05, 0) is 30.7 Å². The van der Waals surface area contributed by atoms with Crippen LogP contribution in [-0.2, 0) is 9.59 Å². The predicted octanol–water partition coefficient (Wildman–Crippen LogP) is 2.79. The lowest BCUT2D eigenvalue weighted by Crippen LogP contribution is -2.26. The van der Waals surface area contributed by atoms with Crippen LogP contribution in [-0.4, -0.2) is 42.6 Å². The number of hydrogen-bond acceptors (Lipinski definition) is 3. The molecule has 1 amide bonds. The van der Waals surface area contributed by atoms with Crippen molar-refractivity contribution in [1.29, 1.82) is 0 Å². The van der Waals surface area contributed by atoms with E-state index in [2.05, 4.69) is 15.9 Å². The van der Waals surface area contributed by atoms with Crippen molar-refractivity contribution in [3.8, 4) is 5.75 Å². The minimum Gasteiger partial charge on any atom is -0.496 e. The highest BCUT2D eigenvalue weighted by Crippen LogP contribution is 2.24. The Labute approximate surface area is 132 Å². The van der Waals surface area contributed by atoms with Crippen molar-refractivity contribution < 1.29 is 19.4 Å². The van der Waals surface area contributed by atoms with E-state index in [9.17, 15) is 9.59 Å². The predicted molar refractivity (Wildman–Crippen MR) is 84.2 cm³/mol. The van der Waals surface area contributed by atoms with Crippen LogP contribution in [0.25, 0.3) is 6.08 Å². The number of benzene rings is 1. The van der Waals surface area contributed by atoms with Crippen LogP contribution >= 0.6 is 15.9 Å². The molecule has 0 fully saturated rings. The molecule has 1 aromatic carbocycles. The minimum atomic E-state index is -0.856. The van der Waals surface area contributed by atoms with Gasteiger partial charge in [0.2, 0.25) is 5.91 Å². The molecule has 0 aromatic heterocycles. The Morgan fingerprint density at radius 3 is 2.76 bits per heavy atom. The molecular weight excluding hydrogens is 338 g/mol. The van der Waals surface area contributed by atoms with Crippen LogP contribution in [0.5, 0.6) is 5.75 Å². The van der Waals surface area contributed by atoms with E-state index in [0.29, 0.717) is 18.7 Å². The third-order valence-electron chi connectivity index (χ3n) is 2.86. The van der Waals surface area contributed by atoms with Crippen LogP contribution in [0.4, 0.5) is 0 Å². The van der Waals surface area contributed by atoms with E-state index < -0.39 is 5.97 Å². The molecule has 1 N–H and O–H groups in total. The molecule has 0 aliphatic heterocycles. The summed E-state index contributed by atoms with van der Waals surface area (Å²) in [5.74, 6) is -0.358. The third-order valence-corrected chi connectivity index (χ3v) is 3.35. The first kappa shape index (κ1) is 17.2. The molecule has 1 rings (SSSR count). The van der Waals surface area contributed by atoms with E-state index in [1.165, 1.54) is 11.0 Å². The summed E-state index contributed by atoms with van der Waals surface area (Å²) < 4.78 is 6.12. The first-order chi connectivity index (χ1) is 9.93. The average Bonchev–Trinajstić information content (AvgIpc) is 2.44. The third kappa shape index (κ3) is 5.99. The van der Waals surface area contributed by atoms with Crippen molar-refractivity contribution in [1.82, 2.24) is 4.90 Å². The monoisotopic (exact) mass is 355 g/mol. The van der Waals surface area contributed by atoms with Crippen LogP contribution in [0, 0.1) is 0 Å². The van der Waals surface area contributed by atoms with Crippen LogP contribution in [0.2, 0.25) is 0 Å². The van der Waals surface area contributed by atoms with Gasteiger partial charge in [-0.3, -0.25) is 9.59 Å². The van der Waals surface area contributed by atoms with Gasteiger partial charge in [0.25, 0.3) is 0 Å². The zero-order chi connectivity index (χ0) is 15.8. The van der Waals surface area contributed by atoms with Gasteiger partial charge in [0, 0.05) is 36.1 Å². The number of carbonyl (C=O) groups is 2. The molecule has 0 saturated heterocycles. The number of hydrogen-bond donors (Lipinski definition) is 1. The number of amides is 1. The maximum Gasteiger partial charge on any atom is 0.303 e. The Balaban J connectivity index is 2.65. The number of likely N-dealkylation sites (N-methyl/N-ethyl adjacent to an activating group) is 1. The zero-order valence-electron chi connectivity index (χ0n) is 12.0. The van der Waals surface area contributed by atoms with Crippen molar-refractivity contribution in [3.63, 3.8) is 0 Å². The molecule has 0 spiro atoms. The van der Waals surface area contributed by atoms with Crippen molar-refractivity contribution >= 4 is 33.9 Å². The highest BCUT2D eigenvalue weighted by molar-refractivity contribution is 9.10. The van der Waals surface area contributed by atoms with Crippen molar-refractivity contribution in [2.75, 3.05) is 20.7 Å². The minimum absolute atomic E-state index is 0.0563. The van der Waals surface area contributed by atoms with Crippen LogP contribution in [0.1, 0.15) is 18.4 Å². The van der Waals surface area contributed by atoms with E-state index in [4.69, 9.17) is 9.84 Å². The molecular formula is C15H18BrNO4. The summed E-state index contributed by atoms with van der Waals surface area (Å²) in [7, 11) is 3.22. The standard InChI is InChI=1S/C15H18BrNO4/c1-17(9-3-4-15(19)20)14(18)8-5-11-10-12(16)6-7-13(11)21-2/h5-8,10H,3-4,9H2,1-2H3,(H,19,20)/b8-5+. The molecule has 0 heterocycles. The van der Waals surface area contributed by atoms with Gasteiger partial charge in [-0.15, -0.1) is 0 Å². The molecule has 0 aliphatic carbocycles. The Bertz CT molecular complexity index is 542. The Morgan fingerprint density at radius 1 is 1.43 bits per heavy atom. The summed E-state index contributed by atoms with van der Waals surface area (Å²) in [5.41, 5.74) is 0.791. The van der Waals surface area contributed by atoms with Crippen LogP contribution in [0.15, 0.2) is 28.7 Å². The molecule has 0 saturated carbocycles. The van der Waals surface area contributed by atoms with Crippen molar-refractivity contribution in [3.05, 3.63) is 34.3 Å². The quantitative estimate of drug-likeness (QED) is 0.763. The SMILES string of the molecule is COc1ccc(Br)cc1/C=C/C(=O)N(C)CCCC(=O)O. The normalized spacial score (nSPS) is 10.6. The zero-order valence-corrected chi connectivity index (χ0v) is 13.6. The number of nitrogens with zero attached hydrogens (tertiary/aromatic N) is 1. The number of ether oxygens (including phenoxy) is 1. The summed E-state index contributed by atoms with van der Waals surface area (Å²) in [6, 6.07) is 5.52. The molecule has 1 aromatic rings. The fourth-order valence-corrected chi connectivity index (χ4v) is 2.08. The van der Waals surface area contributed by atoms with Crippen LogP contribution < -0.4 is 4.74 Å². The van der Waals surface area contributed by atoms with E-state index in [-0.39, 0.29) is 12.3 Å². The topological polar surface area (TPSA) is 66.8 Å². The van der Waals surface area contributed by atoms with Crippen LogP contribution in [0.3, 0.4) is 0 Å².